The quantitative estimate of drug-likeness (QED) is 0.867. The van der Waals surface area contributed by atoms with E-state index in [9.17, 15) is 14.3 Å². The van der Waals surface area contributed by atoms with E-state index in [0.29, 0.717) is 18.0 Å². The molecule has 0 bridgehead atoms. The molecule has 5 heteroatoms. The third-order valence-electron chi connectivity index (χ3n) is 2.79. The standard InChI is InChI=1S/C13H17ClFNO2/c1-8(2)7-16-13(3,12(17)18)9-4-5-11(15)10(14)6-9/h4-6,8,16H,7H2,1-3H3,(H,17,18). The highest BCUT2D eigenvalue weighted by Crippen LogP contribution is 2.26. The summed E-state index contributed by atoms with van der Waals surface area (Å²) in [4.78, 5) is 11.4. The zero-order valence-corrected chi connectivity index (χ0v) is 11.4. The molecular formula is C13H17ClFNO2. The van der Waals surface area contributed by atoms with Gasteiger partial charge in [0, 0.05) is 0 Å². The summed E-state index contributed by atoms with van der Waals surface area (Å²) in [6, 6.07) is 3.96. The van der Waals surface area contributed by atoms with E-state index >= 15 is 0 Å². The molecule has 0 aromatic heterocycles. The second-order valence-corrected chi connectivity index (χ2v) is 5.24. The van der Waals surface area contributed by atoms with Crippen molar-refractivity contribution in [2.75, 3.05) is 6.54 Å². The topological polar surface area (TPSA) is 49.3 Å². The molecule has 1 aromatic carbocycles. The average molecular weight is 274 g/mol. The summed E-state index contributed by atoms with van der Waals surface area (Å²) in [5.74, 6) is -1.28. The predicted molar refractivity (Wildman–Crippen MR) is 69.2 cm³/mol. The average Bonchev–Trinajstić information content (AvgIpc) is 2.29. The van der Waals surface area contributed by atoms with Crippen molar-refractivity contribution < 1.29 is 14.3 Å². The van der Waals surface area contributed by atoms with Crippen LogP contribution in [0.1, 0.15) is 26.3 Å². The first-order valence-corrected chi connectivity index (χ1v) is 6.09. The van der Waals surface area contributed by atoms with Gasteiger partial charge in [-0.1, -0.05) is 31.5 Å². The Kier molecular flexibility index (Phi) is 4.71. The molecule has 0 saturated carbocycles. The molecule has 0 aliphatic carbocycles. The van der Waals surface area contributed by atoms with E-state index in [2.05, 4.69) is 5.32 Å². The van der Waals surface area contributed by atoms with Gasteiger partial charge in [-0.15, -0.1) is 0 Å². The van der Waals surface area contributed by atoms with Crippen molar-refractivity contribution in [3.63, 3.8) is 0 Å². The first-order valence-electron chi connectivity index (χ1n) is 5.71. The van der Waals surface area contributed by atoms with Gasteiger partial charge in [-0.25, -0.2) is 9.18 Å². The fraction of sp³-hybridized carbons (Fsp3) is 0.462. The van der Waals surface area contributed by atoms with Crippen LogP contribution in [0.2, 0.25) is 5.02 Å². The first kappa shape index (κ1) is 14.9. The number of benzene rings is 1. The summed E-state index contributed by atoms with van der Waals surface area (Å²) >= 11 is 5.69. The molecular weight excluding hydrogens is 257 g/mol. The Balaban J connectivity index is 3.10. The van der Waals surface area contributed by atoms with Crippen LogP contribution in [0.25, 0.3) is 0 Å². The monoisotopic (exact) mass is 273 g/mol. The van der Waals surface area contributed by atoms with Crippen LogP contribution < -0.4 is 5.32 Å². The number of hydrogen-bond acceptors (Lipinski definition) is 2. The number of nitrogens with one attached hydrogen (secondary N) is 1. The predicted octanol–water partition coefficient (Wildman–Crippen LogP) is 3.02. The second-order valence-electron chi connectivity index (χ2n) is 4.83. The highest BCUT2D eigenvalue weighted by molar-refractivity contribution is 6.30. The molecule has 1 unspecified atom stereocenters. The summed E-state index contributed by atoms with van der Waals surface area (Å²) in [6.07, 6.45) is 0. The van der Waals surface area contributed by atoms with Gasteiger partial charge in [-0.05, 0) is 37.1 Å². The van der Waals surface area contributed by atoms with E-state index in [1.165, 1.54) is 18.2 Å². The molecule has 3 nitrogen and oxygen atoms in total. The lowest BCUT2D eigenvalue weighted by Gasteiger charge is -2.28. The molecule has 0 fully saturated rings. The third-order valence-corrected chi connectivity index (χ3v) is 3.08. The smallest absolute Gasteiger partial charge is 0.328 e. The molecule has 1 atom stereocenters. The van der Waals surface area contributed by atoms with Gasteiger partial charge in [0.05, 0.1) is 5.02 Å². The lowest BCUT2D eigenvalue weighted by molar-refractivity contribution is -0.144. The zero-order valence-electron chi connectivity index (χ0n) is 10.6. The number of aliphatic carboxylic acids is 1. The van der Waals surface area contributed by atoms with Crippen LogP contribution in [0.4, 0.5) is 4.39 Å². The van der Waals surface area contributed by atoms with Crippen molar-refractivity contribution >= 4 is 17.6 Å². The van der Waals surface area contributed by atoms with E-state index < -0.39 is 17.3 Å². The SMILES string of the molecule is CC(C)CNC(C)(C(=O)O)c1ccc(F)c(Cl)c1. The van der Waals surface area contributed by atoms with E-state index in [0.717, 1.165) is 0 Å². The Bertz CT molecular complexity index is 451. The Morgan fingerprint density at radius 1 is 1.56 bits per heavy atom. The molecule has 0 aliphatic rings. The van der Waals surface area contributed by atoms with Gasteiger partial charge in [0.15, 0.2) is 0 Å². The molecule has 100 valence electrons. The maximum Gasteiger partial charge on any atom is 0.328 e. The van der Waals surface area contributed by atoms with Crippen LogP contribution in [0, 0.1) is 11.7 Å². The summed E-state index contributed by atoms with van der Waals surface area (Å²) in [6.45, 7) is 6.04. The summed E-state index contributed by atoms with van der Waals surface area (Å²) in [7, 11) is 0. The Morgan fingerprint density at radius 2 is 2.17 bits per heavy atom. The summed E-state index contributed by atoms with van der Waals surface area (Å²) in [5.41, 5.74) is -0.844. The molecule has 1 rings (SSSR count). The fourth-order valence-electron chi connectivity index (χ4n) is 1.52. The fourth-order valence-corrected chi connectivity index (χ4v) is 1.70. The molecule has 2 N–H and O–H groups in total. The molecule has 0 saturated heterocycles. The maximum atomic E-state index is 13.1. The second kappa shape index (κ2) is 5.67. The number of carbonyl (C=O) groups is 1. The minimum absolute atomic E-state index is 0.0775. The van der Waals surface area contributed by atoms with Crippen LogP contribution in [0.15, 0.2) is 18.2 Å². The van der Waals surface area contributed by atoms with E-state index in [4.69, 9.17) is 11.6 Å². The van der Waals surface area contributed by atoms with Crippen LogP contribution in [-0.4, -0.2) is 17.6 Å². The highest BCUT2D eigenvalue weighted by atomic mass is 35.5. The summed E-state index contributed by atoms with van der Waals surface area (Å²) < 4.78 is 13.1. The van der Waals surface area contributed by atoms with Crippen molar-refractivity contribution in [3.8, 4) is 0 Å². The van der Waals surface area contributed by atoms with Gasteiger partial charge in [0.25, 0.3) is 0 Å². The number of hydrogen-bond donors (Lipinski definition) is 2. The van der Waals surface area contributed by atoms with Crippen LogP contribution in [0.5, 0.6) is 0 Å². The Morgan fingerprint density at radius 3 is 2.61 bits per heavy atom. The highest BCUT2D eigenvalue weighted by Gasteiger charge is 2.35. The Hall–Kier alpha value is -1.13. The lowest BCUT2D eigenvalue weighted by Crippen LogP contribution is -2.48. The number of carboxylic acids is 1. The van der Waals surface area contributed by atoms with Crippen molar-refractivity contribution in [1.82, 2.24) is 5.32 Å². The van der Waals surface area contributed by atoms with Gasteiger partial charge in [0.2, 0.25) is 0 Å². The van der Waals surface area contributed by atoms with Crippen LogP contribution in [-0.2, 0) is 10.3 Å². The largest absolute Gasteiger partial charge is 0.480 e. The van der Waals surface area contributed by atoms with Gasteiger partial charge in [-0.3, -0.25) is 5.32 Å². The Labute approximate surface area is 111 Å². The van der Waals surface area contributed by atoms with E-state index in [1.54, 1.807) is 6.92 Å². The molecule has 0 amide bonds. The minimum Gasteiger partial charge on any atom is -0.480 e. The van der Waals surface area contributed by atoms with Gasteiger partial charge >= 0.3 is 5.97 Å². The van der Waals surface area contributed by atoms with Crippen LogP contribution >= 0.6 is 11.6 Å². The normalized spacial score (nSPS) is 14.6. The molecule has 0 spiro atoms. The van der Waals surface area contributed by atoms with Crippen molar-refractivity contribution in [3.05, 3.63) is 34.6 Å². The van der Waals surface area contributed by atoms with Gasteiger partial charge < -0.3 is 5.11 Å². The van der Waals surface area contributed by atoms with E-state index in [1.807, 2.05) is 13.8 Å². The number of rotatable bonds is 5. The van der Waals surface area contributed by atoms with Crippen molar-refractivity contribution in [1.29, 1.82) is 0 Å². The third kappa shape index (κ3) is 3.21. The number of halogens is 2. The molecule has 0 radical (unpaired) electrons. The lowest BCUT2D eigenvalue weighted by atomic mass is 9.91. The van der Waals surface area contributed by atoms with Gasteiger partial charge in [0.1, 0.15) is 11.4 Å². The van der Waals surface area contributed by atoms with Gasteiger partial charge in [-0.2, -0.15) is 0 Å². The number of carboxylic acid groups (broad SMARTS) is 1. The van der Waals surface area contributed by atoms with Crippen molar-refractivity contribution in [2.24, 2.45) is 5.92 Å². The molecule has 18 heavy (non-hydrogen) atoms. The zero-order chi connectivity index (χ0) is 13.9. The molecule has 1 aromatic rings. The maximum absolute atomic E-state index is 13.1. The molecule has 0 heterocycles. The van der Waals surface area contributed by atoms with Crippen molar-refractivity contribution in [2.45, 2.75) is 26.3 Å². The molecule has 0 aliphatic heterocycles. The van der Waals surface area contributed by atoms with Crippen LogP contribution in [0.3, 0.4) is 0 Å². The van der Waals surface area contributed by atoms with E-state index in [-0.39, 0.29) is 5.02 Å². The summed E-state index contributed by atoms with van der Waals surface area (Å²) in [5, 5.41) is 12.3. The first-order chi connectivity index (χ1) is 8.27. The minimum atomic E-state index is -1.28.